The molecule has 0 bridgehead atoms. The highest BCUT2D eigenvalue weighted by Gasteiger charge is 2.27. The fraction of sp³-hybridized carbons (Fsp3) is 0.700. The number of hydrogen-bond donors (Lipinski definition) is 1. The summed E-state index contributed by atoms with van der Waals surface area (Å²) in [5, 5.41) is 2.82. The summed E-state index contributed by atoms with van der Waals surface area (Å²) in [5.41, 5.74) is 0. The largest absolute Gasteiger partial charge is 0.378 e. The van der Waals surface area contributed by atoms with Crippen LogP contribution in [0.3, 0.4) is 0 Å². The summed E-state index contributed by atoms with van der Waals surface area (Å²) in [6.07, 6.45) is 4.70. The number of hydrogen-bond acceptors (Lipinski definition) is 2. The number of rotatable bonds is 4. The molecule has 0 aromatic carbocycles. The fourth-order valence-corrected chi connectivity index (χ4v) is 1.58. The Labute approximate surface area is 89.5 Å². The molecule has 80 valence electrons. The topological polar surface area (TPSA) is 38.3 Å². The lowest BCUT2D eigenvalue weighted by Crippen LogP contribution is -2.31. The minimum atomic E-state index is 0.0226. The van der Waals surface area contributed by atoms with Crippen molar-refractivity contribution in [1.29, 1.82) is 0 Å². The van der Waals surface area contributed by atoms with E-state index in [2.05, 4.69) is 5.32 Å². The average Bonchev–Trinajstić information content (AvgIpc) is 2.59. The van der Waals surface area contributed by atoms with Crippen LogP contribution in [0.5, 0.6) is 0 Å². The van der Waals surface area contributed by atoms with E-state index < -0.39 is 0 Å². The molecule has 1 rings (SSSR count). The highest BCUT2D eigenvalue weighted by Crippen LogP contribution is 2.18. The van der Waals surface area contributed by atoms with E-state index in [0.717, 1.165) is 6.42 Å². The Kier molecular flexibility index (Phi) is 4.98. The predicted octanol–water partition coefficient (Wildman–Crippen LogP) is 1.32. The molecular formula is C10H16ClNO2. The summed E-state index contributed by atoms with van der Waals surface area (Å²) in [6, 6.07) is 0. The Morgan fingerprint density at radius 3 is 3.00 bits per heavy atom. The van der Waals surface area contributed by atoms with Gasteiger partial charge in [-0.05, 0) is 13.3 Å². The molecule has 0 aromatic heterocycles. The van der Waals surface area contributed by atoms with Gasteiger partial charge < -0.3 is 10.1 Å². The van der Waals surface area contributed by atoms with Crippen molar-refractivity contribution in [2.24, 2.45) is 5.92 Å². The summed E-state index contributed by atoms with van der Waals surface area (Å²) in [4.78, 5) is 11.5. The number of ether oxygens (including phenoxy) is 1. The molecule has 1 amide bonds. The molecule has 0 aliphatic carbocycles. The number of amides is 1. The van der Waals surface area contributed by atoms with Crippen LogP contribution in [-0.2, 0) is 9.53 Å². The van der Waals surface area contributed by atoms with Crippen LogP contribution in [-0.4, -0.2) is 31.0 Å². The Morgan fingerprint density at radius 2 is 2.43 bits per heavy atom. The molecule has 0 radical (unpaired) electrons. The molecule has 14 heavy (non-hydrogen) atoms. The molecule has 1 N–H and O–H groups in total. The number of carbonyl (C=O) groups excluding carboxylic acids is 1. The van der Waals surface area contributed by atoms with Gasteiger partial charge in [0.15, 0.2) is 0 Å². The van der Waals surface area contributed by atoms with Gasteiger partial charge in [-0.1, -0.05) is 12.2 Å². The highest BCUT2D eigenvalue weighted by molar-refractivity contribution is 6.18. The number of allylic oxidation sites excluding steroid dienone is 1. The third-order valence-electron chi connectivity index (χ3n) is 2.22. The lowest BCUT2D eigenvalue weighted by molar-refractivity contribution is -0.124. The van der Waals surface area contributed by atoms with Crippen molar-refractivity contribution in [2.45, 2.75) is 19.4 Å². The van der Waals surface area contributed by atoms with Crippen molar-refractivity contribution in [1.82, 2.24) is 5.32 Å². The van der Waals surface area contributed by atoms with Crippen molar-refractivity contribution in [3.05, 3.63) is 12.2 Å². The summed E-state index contributed by atoms with van der Waals surface area (Å²) in [5.74, 6) is 0.586. The smallest absolute Gasteiger partial charge is 0.225 e. The van der Waals surface area contributed by atoms with Crippen LogP contribution in [0.25, 0.3) is 0 Å². The lowest BCUT2D eigenvalue weighted by atomic mass is 10.1. The molecule has 0 spiro atoms. The van der Waals surface area contributed by atoms with Crippen LogP contribution in [0.15, 0.2) is 12.2 Å². The number of nitrogens with one attached hydrogen (secondary N) is 1. The van der Waals surface area contributed by atoms with Crippen LogP contribution >= 0.6 is 11.6 Å². The maximum absolute atomic E-state index is 11.5. The van der Waals surface area contributed by atoms with Gasteiger partial charge in [0.1, 0.15) is 0 Å². The fourth-order valence-electron chi connectivity index (χ4n) is 1.45. The first-order valence-corrected chi connectivity index (χ1v) is 5.37. The van der Waals surface area contributed by atoms with Crippen LogP contribution in [0.2, 0.25) is 0 Å². The zero-order chi connectivity index (χ0) is 10.4. The molecular weight excluding hydrogens is 202 g/mol. The molecule has 1 heterocycles. The molecule has 2 atom stereocenters. The molecule has 2 unspecified atom stereocenters. The third-order valence-corrected chi connectivity index (χ3v) is 2.40. The van der Waals surface area contributed by atoms with E-state index in [9.17, 15) is 4.79 Å². The molecule has 1 aliphatic heterocycles. The summed E-state index contributed by atoms with van der Waals surface area (Å²) in [7, 11) is 0. The van der Waals surface area contributed by atoms with Crippen molar-refractivity contribution < 1.29 is 9.53 Å². The van der Waals surface area contributed by atoms with E-state index in [0.29, 0.717) is 19.0 Å². The van der Waals surface area contributed by atoms with Gasteiger partial charge in [-0.2, -0.15) is 0 Å². The normalized spacial score (nSPS) is 27.0. The van der Waals surface area contributed by atoms with Crippen LogP contribution in [0.4, 0.5) is 0 Å². The first-order valence-electron chi connectivity index (χ1n) is 4.84. The van der Waals surface area contributed by atoms with Crippen molar-refractivity contribution in [3.63, 3.8) is 0 Å². The van der Waals surface area contributed by atoms with Crippen molar-refractivity contribution >= 4 is 17.5 Å². The predicted molar refractivity (Wildman–Crippen MR) is 56.4 cm³/mol. The Bertz CT molecular complexity index is 218. The molecule has 1 saturated heterocycles. The molecule has 0 aromatic rings. The van der Waals surface area contributed by atoms with Gasteiger partial charge in [0.25, 0.3) is 0 Å². The van der Waals surface area contributed by atoms with E-state index in [1.165, 1.54) is 0 Å². The van der Waals surface area contributed by atoms with Gasteiger partial charge in [0.2, 0.25) is 5.91 Å². The quantitative estimate of drug-likeness (QED) is 0.570. The maximum Gasteiger partial charge on any atom is 0.225 e. The monoisotopic (exact) mass is 217 g/mol. The SMILES string of the molecule is CC1CC(C(=O)NC/C=C/CCl)CO1. The van der Waals surface area contributed by atoms with E-state index in [-0.39, 0.29) is 17.9 Å². The number of halogens is 1. The second kappa shape index (κ2) is 6.04. The van der Waals surface area contributed by atoms with Crippen molar-refractivity contribution in [3.8, 4) is 0 Å². The van der Waals surface area contributed by atoms with Gasteiger partial charge in [-0.15, -0.1) is 11.6 Å². The first-order chi connectivity index (χ1) is 6.74. The van der Waals surface area contributed by atoms with Gasteiger partial charge in [-0.25, -0.2) is 0 Å². The van der Waals surface area contributed by atoms with Crippen LogP contribution in [0.1, 0.15) is 13.3 Å². The number of alkyl halides is 1. The molecule has 3 nitrogen and oxygen atoms in total. The zero-order valence-corrected chi connectivity index (χ0v) is 9.09. The Hall–Kier alpha value is -0.540. The highest BCUT2D eigenvalue weighted by atomic mass is 35.5. The van der Waals surface area contributed by atoms with Gasteiger partial charge >= 0.3 is 0 Å². The summed E-state index contributed by atoms with van der Waals surface area (Å²) >= 11 is 5.44. The summed E-state index contributed by atoms with van der Waals surface area (Å²) in [6.45, 7) is 3.09. The standard InChI is InChI=1S/C10H16ClNO2/c1-8-6-9(7-14-8)10(13)12-5-3-2-4-11/h2-3,8-9H,4-7H2,1H3,(H,12,13)/b3-2+. The number of carbonyl (C=O) groups is 1. The van der Waals surface area contributed by atoms with Gasteiger partial charge in [0, 0.05) is 12.4 Å². The lowest BCUT2D eigenvalue weighted by Gasteiger charge is -2.06. The van der Waals surface area contributed by atoms with E-state index in [4.69, 9.17) is 16.3 Å². The average molecular weight is 218 g/mol. The summed E-state index contributed by atoms with van der Waals surface area (Å²) < 4.78 is 5.31. The Balaban J connectivity index is 2.18. The van der Waals surface area contributed by atoms with E-state index >= 15 is 0 Å². The zero-order valence-electron chi connectivity index (χ0n) is 8.33. The molecule has 0 saturated carbocycles. The maximum atomic E-state index is 11.5. The third kappa shape index (κ3) is 3.68. The first kappa shape index (κ1) is 11.5. The van der Waals surface area contributed by atoms with Gasteiger partial charge in [-0.3, -0.25) is 4.79 Å². The van der Waals surface area contributed by atoms with E-state index in [1.54, 1.807) is 0 Å². The Morgan fingerprint density at radius 1 is 1.64 bits per heavy atom. The van der Waals surface area contributed by atoms with Crippen molar-refractivity contribution in [2.75, 3.05) is 19.0 Å². The van der Waals surface area contributed by atoms with E-state index in [1.807, 2.05) is 19.1 Å². The molecule has 1 aliphatic rings. The molecule has 4 heteroatoms. The van der Waals surface area contributed by atoms with Crippen LogP contribution < -0.4 is 5.32 Å². The minimum Gasteiger partial charge on any atom is -0.378 e. The van der Waals surface area contributed by atoms with Gasteiger partial charge in [0.05, 0.1) is 18.6 Å². The second-order valence-corrected chi connectivity index (χ2v) is 3.76. The second-order valence-electron chi connectivity index (χ2n) is 3.45. The molecule has 1 fully saturated rings. The minimum absolute atomic E-state index is 0.0226. The van der Waals surface area contributed by atoms with Crippen LogP contribution in [0, 0.1) is 5.92 Å².